The van der Waals surface area contributed by atoms with Gasteiger partial charge in [-0.05, 0) is 12.1 Å². The zero-order chi connectivity index (χ0) is 15.6. The number of hydrogen-bond acceptors (Lipinski definition) is 2. The lowest BCUT2D eigenvalue weighted by atomic mass is 9.99. The Hall–Kier alpha value is -2.05. The van der Waals surface area contributed by atoms with Gasteiger partial charge in [-0.3, -0.25) is 4.79 Å². The Balaban J connectivity index is 2.12. The number of rotatable bonds is 1. The summed E-state index contributed by atoms with van der Waals surface area (Å²) in [5, 5.41) is 2.28. The van der Waals surface area contributed by atoms with E-state index >= 15 is 0 Å². The lowest BCUT2D eigenvalue weighted by Gasteiger charge is -2.30. The predicted octanol–water partition coefficient (Wildman–Crippen LogP) is 3.15. The molecule has 1 aromatic carbocycles. The van der Waals surface area contributed by atoms with E-state index in [-0.39, 0.29) is 36.9 Å². The van der Waals surface area contributed by atoms with Crippen LogP contribution in [0.2, 0.25) is 0 Å². The summed E-state index contributed by atoms with van der Waals surface area (Å²) in [6.45, 7) is 2.15. The largest absolute Gasteiger partial charge is 0.418 e. The van der Waals surface area contributed by atoms with Gasteiger partial charge in [0.1, 0.15) is 5.78 Å². The van der Waals surface area contributed by atoms with Gasteiger partial charge in [0.2, 0.25) is 0 Å². The fourth-order valence-corrected chi connectivity index (χ4v) is 2.23. The van der Waals surface area contributed by atoms with E-state index in [1.54, 1.807) is 6.92 Å². The number of ketones is 1. The Morgan fingerprint density at radius 3 is 2.62 bits per heavy atom. The first-order valence-electron chi connectivity index (χ1n) is 6.54. The van der Waals surface area contributed by atoms with E-state index in [1.165, 1.54) is 23.1 Å². The molecule has 0 aromatic heterocycles. The van der Waals surface area contributed by atoms with Crippen LogP contribution in [0.15, 0.2) is 24.3 Å². The van der Waals surface area contributed by atoms with Crippen molar-refractivity contribution in [1.82, 2.24) is 4.90 Å². The maximum absolute atomic E-state index is 12.8. The van der Waals surface area contributed by atoms with Gasteiger partial charge in [0.25, 0.3) is 0 Å². The van der Waals surface area contributed by atoms with Crippen molar-refractivity contribution in [3.8, 4) is 0 Å². The van der Waals surface area contributed by atoms with Crippen LogP contribution in [0.3, 0.4) is 0 Å². The molecule has 0 bridgehead atoms. The quantitative estimate of drug-likeness (QED) is 0.866. The number of nitrogens with zero attached hydrogens (tertiary/aromatic N) is 1. The lowest BCUT2D eigenvalue weighted by molar-refractivity contribution is -0.136. The smallest absolute Gasteiger partial charge is 0.323 e. The summed E-state index contributed by atoms with van der Waals surface area (Å²) in [5.41, 5.74) is -1.17. The zero-order valence-corrected chi connectivity index (χ0v) is 11.4. The highest BCUT2D eigenvalue weighted by atomic mass is 19.4. The molecule has 0 saturated carbocycles. The number of anilines is 1. The molecule has 1 aliphatic heterocycles. The molecule has 1 unspecified atom stereocenters. The lowest BCUT2D eigenvalue weighted by Crippen LogP contribution is -2.45. The Morgan fingerprint density at radius 1 is 1.33 bits per heavy atom. The summed E-state index contributed by atoms with van der Waals surface area (Å²) in [6.07, 6.45) is -4.30. The SMILES string of the molecule is CC1CN(C(=O)Nc2ccccc2C(F)(F)F)CCC1=O. The van der Waals surface area contributed by atoms with Crippen LogP contribution in [0.25, 0.3) is 0 Å². The number of urea groups is 1. The summed E-state index contributed by atoms with van der Waals surface area (Å²) in [6, 6.07) is 4.19. The van der Waals surface area contributed by atoms with Crippen LogP contribution in [0, 0.1) is 5.92 Å². The number of alkyl halides is 3. The molecular formula is C14H15F3N2O2. The van der Waals surface area contributed by atoms with Crippen LogP contribution in [-0.2, 0) is 11.0 Å². The van der Waals surface area contributed by atoms with Gasteiger partial charge in [-0.15, -0.1) is 0 Å². The minimum Gasteiger partial charge on any atom is -0.323 e. The van der Waals surface area contributed by atoms with Crippen LogP contribution in [0.4, 0.5) is 23.7 Å². The molecular weight excluding hydrogens is 285 g/mol. The summed E-state index contributed by atoms with van der Waals surface area (Å²) in [4.78, 5) is 24.8. The number of piperidine rings is 1. The fourth-order valence-electron chi connectivity index (χ4n) is 2.23. The second-order valence-electron chi connectivity index (χ2n) is 5.04. The van der Waals surface area contributed by atoms with Crippen molar-refractivity contribution in [3.63, 3.8) is 0 Å². The van der Waals surface area contributed by atoms with Crippen LogP contribution in [0.1, 0.15) is 18.9 Å². The molecule has 2 amide bonds. The van der Waals surface area contributed by atoms with Crippen molar-refractivity contribution >= 4 is 17.5 Å². The Labute approximate surface area is 119 Å². The number of para-hydroxylation sites is 1. The van der Waals surface area contributed by atoms with Crippen LogP contribution < -0.4 is 5.32 Å². The molecule has 1 fully saturated rings. The molecule has 1 heterocycles. The van der Waals surface area contributed by atoms with Crippen LogP contribution >= 0.6 is 0 Å². The van der Waals surface area contributed by atoms with E-state index in [0.29, 0.717) is 0 Å². The Kier molecular flexibility index (Phi) is 4.20. The van der Waals surface area contributed by atoms with Crippen molar-refractivity contribution in [3.05, 3.63) is 29.8 Å². The molecule has 21 heavy (non-hydrogen) atoms. The van der Waals surface area contributed by atoms with E-state index in [9.17, 15) is 22.8 Å². The number of nitrogens with one attached hydrogen (secondary N) is 1. The molecule has 0 radical (unpaired) electrons. The van der Waals surface area contributed by atoms with Gasteiger partial charge in [0.15, 0.2) is 0 Å². The first-order valence-corrected chi connectivity index (χ1v) is 6.54. The third-order valence-corrected chi connectivity index (χ3v) is 3.43. The number of likely N-dealkylation sites (tertiary alicyclic amines) is 1. The molecule has 1 atom stereocenters. The Bertz CT molecular complexity index is 557. The number of halogens is 3. The predicted molar refractivity (Wildman–Crippen MR) is 70.8 cm³/mol. The van der Waals surface area contributed by atoms with E-state index < -0.39 is 17.8 Å². The maximum Gasteiger partial charge on any atom is 0.418 e. The molecule has 4 nitrogen and oxygen atoms in total. The van der Waals surface area contributed by atoms with Crippen molar-refractivity contribution in [2.24, 2.45) is 5.92 Å². The highest BCUT2D eigenvalue weighted by Crippen LogP contribution is 2.34. The first-order chi connectivity index (χ1) is 9.79. The molecule has 1 N–H and O–H groups in total. The second-order valence-corrected chi connectivity index (χ2v) is 5.04. The van der Waals surface area contributed by atoms with Crippen LogP contribution in [0.5, 0.6) is 0 Å². The van der Waals surface area contributed by atoms with Gasteiger partial charge < -0.3 is 10.2 Å². The topological polar surface area (TPSA) is 49.4 Å². The van der Waals surface area contributed by atoms with Crippen molar-refractivity contribution in [2.45, 2.75) is 19.5 Å². The van der Waals surface area contributed by atoms with Crippen LogP contribution in [-0.4, -0.2) is 29.8 Å². The van der Waals surface area contributed by atoms with E-state index in [0.717, 1.165) is 6.07 Å². The third-order valence-electron chi connectivity index (χ3n) is 3.43. The van der Waals surface area contributed by atoms with Crippen molar-refractivity contribution < 1.29 is 22.8 Å². The van der Waals surface area contributed by atoms with Gasteiger partial charge in [-0.1, -0.05) is 19.1 Å². The summed E-state index contributed by atoms with van der Waals surface area (Å²) in [7, 11) is 0. The van der Waals surface area contributed by atoms with Gasteiger partial charge in [0.05, 0.1) is 11.3 Å². The van der Waals surface area contributed by atoms with Gasteiger partial charge in [-0.2, -0.15) is 13.2 Å². The Morgan fingerprint density at radius 2 is 2.00 bits per heavy atom. The number of hydrogen-bond donors (Lipinski definition) is 1. The molecule has 7 heteroatoms. The standard InChI is InChI=1S/C14H15F3N2O2/c1-9-8-19(7-6-12(9)20)13(21)18-11-5-3-2-4-10(11)14(15,16)17/h2-5,9H,6-8H2,1H3,(H,18,21). The number of carbonyl (C=O) groups is 2. The van der Waals surface area contributed by atoms with Crippen molar-refractivity contribution in [2.75, 3.05) is 18.4 Å². The summed E-state index contributed by atoms with van der Waals surface area (Å²) in [5.74, 6) is -0.225. The first kappa shape index (κ1) is 15.3. The average molecular weight is 300 g/mol. The molecule has 1 saturated heterocycles. The molecule has 0 aliphatic carbocycles. The van der Waals surface area contributed by atoms with Gasteiger partial charge in [-0.25, -0.2) is 4.79 Å². The molecule has 0 spiro atoms. The zero-order valence-electron chi connectivity index (χ0n) is 11.4. The molecule has 114 valence electrons. The third kappa shape index (κ3) is 3.53. The highest BCUT2D eigenvalue weighted by molar-refractivity contribution is 5.92. The molecule has 1 aliphatic rings. The fraction of sp³-hybridized carbons (Fsp3) is 0.429. The van der Waals surface area contributed by atoms with Gasteiger partial charge >= 0.3 is 12.2 Å². The molecule has 1 aromatic rings. The second kappa shape index (κ2) is 5.75. The number of Topliss-reactive ketones (excluding diaryl/α,β-unsaturated/α-hetero) is 1. The van der Waals surface area contributed by atoms with Gasteiger partial charge in [0, 0.05) is 25.4 Å². The number of carbonyl (C=O) groups excluding carboxylic acids is 2. The normalized spacial score (nSPS) is 19.5. The van der Waals surface area contributed by atoms with E-state index in [2.05, 4.69) is 5.32 Å². The maximum atomic E-state index is 12.8. The summed E-state index contributed by atoms with van der Waals surface area (Å²) < 4.78 is 38.5. The highest BCUT2D eigenvalue weighted by Gasteiger charge is 2.34. The molecule has 2 rings (SSSR count). The average Bonchev–Trinajstić information content (AvgIpc) is 2.41. The van der Waals surface area contributed by atoms with E-state index in [1.807, 2.05) is 0 Å². The monoisotopic (exact) mass is 300 g/mol. The minimum atomic E-state index is -4.53. The number of benzene rings is 1. The van der Waals surface area contributed by atoms with Crippen molar-refractivity contribution in [1.29, 1.82) is 0 Å². The minimum absolute atomic E-state index is 0.0646. The number of amides is 2. The van der Waals surface area contributed by atoms with E-state index in [4.69, 9.17) is 0 Å². The summed E-state index contributed by atoms with van der Waals surface area (Å²) >= 11 is 0.